The Bertz CT molecular complexity index is 817. The molecule has 0 radical (unpaired) electrons. The van der Waals surface area contributed by atoms with E-state index in [1.165, 1.54) is 5.56 Å². The summed E-state index contributed by atoms with van der Waals surface area (Å²) in [7, 11) is 3.28. The van der Waals surface area contributed by atoms with Crippen molar-refractivity contribution in [3.05, 3.63) is 64.8 Å². The van der Waals surface area contributed by atoms with Crippen LogP contribution in [-0.4, -0.2) is 19.2 Å². The second-order valence-electron chi connectivity index (χ2n) is 5.00. The molecule has 0 aliphatic carbocycles. The van der Waals surface area contributed by atoms with E-state index >= 15 is 0 Å². The number of pyridine rings is 1. The van der Waals surface area contributed by atoms with Crippen LogP contribution in [0, 0.1) is 0 Å². The first-order valence-corrected chi connectivity index (χ1v) is 7.33. The Morgan fingerprint density at radius 1 is 0.955 bits per heavy atom. The summed E-state index contributed by atoms with van der Waals surface area (Å²) in [6.45, 7) is 0. The number of halogens is 1. The molecule has 3 aromatic rings. The summed E-state index contributed by atoms with van der Waals surface area (Å²) in [5.74, 6) is 1.47. The number of hydrogen-bond acceptors (Lipinski definition) is 3. The summed E-state index contributed by atoms with van der Waals surface area (Å²) in [6.07, 6.45) is 2.61. The molecule has 0 atom stereocenters. The Hall–Kier alpha value is -2.26. The van der Waals surface area contributed by atoms with Gasteiger partial charge in [-0.1, -0.05) is 23.7 Å². The number of fused-ring (bicyclic) bond motifs is 1. The van der Waals surface area contributed by atoms with E-state index in [-0.39, 0.29) is 0 Å². The zero-order chi connectivity index (χ0) is 15.5. The summed E-state index contributed by atoms with van der Waals surface area (Å²) in [4.78, 5) is 4.38. The van der Waals surface area contributed by atoms with Crippen molar-refractivity contribution >= 4 is 22.5 Å². The number of ether oxygens (including phenoxy) is 2. The topological polar surface area (TPSA) is 31.4 Å². The van der Waals surface area contributed by atoms with Crippen molar-refractivity contribution in [3.63, 3.8) is 0 Å². The number of benzene rings is 2. The Morgan fingerprint density at radius 2 is 1.77 bits per heavy atom. The molecule has 0 saturated carbocycles. The van der Waals surface area contributed by atoms with Crippen LogP contribution in [0.25, 0.3) is 10.9 Å². The average Bonchev–Trinajstić information content (AvgIpc) is 2.54. The highest BCUT2D eigenvalue weighted by Gasteiger charge is 2.08. The van der Waals surface area contributed by atoms with Crippen LogP contribution in [0.1, 0.15) is 11.1 Å². The minimum atomic E-state index is 0.697. The van der Waals surface area contributed by atoms with Crippen molar-refractivity contribution in [2.45, 2.75) is 6.42 Å². The molecule has 0 saturated heterocycles. The van der Waals surface area contributed by atoms with E-state index in [1.54, 1.807) is 14.2 Å². The largest absolute Gasteiger partial charge is 0.493 e. The van der Waals surface area contributed by atoms with Crippen molar-refractivity contribution in [1.82, 2.24) is 4.98 Å². The van der Waals surface area contributed by atoms with Crippen LogP contribution in [0.15, 0.2) is 48.7 Å². The lowest BCUT2D eigenvalue weighted by Crippen LogP contribution is -1.95. The fourth-order valence-corrected chi connectivity index (χ4v) is 2.71. The van der Waals surface area contributed by atoms with Crippen molar-refractivity contribution in [1.29, 1.82) is 0 Å². The molecule has 1 heterocycles. The van der Waals surface area contributed by atoms with Gasteiger partial charge < -0.3 is 9.47 Å². The Kier molecular flexibility index (Phi) is 4.16. The van der Waals surface area contributed by atoms with Crippen LogP contribution in [0.4, 0.5) is 0 Å². The van der Waals surface area contributed by atoms with Crippen molar-refractivity contribution in [2.75, 3.05) is 14.2 Å². The molecule has 0 aliphatic heterocycles. The minimum absolute atomic E-state index is 0.697. The average molecular weight is 314 g/mol. The van der Waals surface area contributed by atoms with Gasteiger partial charge in [-0.2, -0.15) is 0 Å². The van der Waals surface area contributed by atoms with Gasteiger partial charge in [-0.25, -0.2) is 0 Å². The summed E-state index contributed by atoms with van der Waals surface area (Å²) in [5, 5.41) is 1.81. The van der Waals surface area contributed by atoms with Crippen molar-refractivity contribution < 1.29 is 9.47 Å². The molecule has 4 heteroatoms. The molecule has 0 amide bonds. The predicted octanol–water partition coefficient (Wildman–Crippen LogP) is 4.50. The highest BCUT2D eigenvalue weighted by atomic mass is 35.5. The monoisotopic (exact) mass is 313 g/mol. The SMILES string of the molecule is COc1ccc(Cc2ccnc3cc(Cl)ccc23)cc1OC. The van der Waals surface area contributed by atoms with E-state index in [9.17, 15) is 0 Å². The van der Waals surface area contributed by atoms with Crippen LogP contribution in [0.2, 0.25) is 5.02 Å². The van der Waals surface area contributed by atoms with Crippen LogP contribution in [0.5, 0.6) is 11.5 Å². The molecule has 3 nitrogen and oxygen atoms in total. The number of hydrogen-bond donors (Lipinski definition) is 0. The first-order chi connectivity index (χ1) is 10.7. The Labute approximate surface area is 134 Å². The van der Waals surface area contributed by atoms with Crippen LogP contribution < -0.4 is 9.47 Å². The third-order valence-corrected chi connectivity index (χ3v) is 3.87. The maximum Gasteiger partial charge on any atom is 0.160 e. The van der Waals surface area contributed by atoms with Gasteiger partial charge in [-0.3, -0.25) is 4.98 Å². The molecule has 0 bridgehead atoms. The summed E-state index contributed by atoms with van der Waals surface area (Å²) >= 11 is 6.03. The van der Waals surface area contributed by atoms with Gasteiger partial charge in [0.05, 0.1) is 19.7 Å². The first kappa shape index (κ1) is 14.7. The summed E-state index contributed by atoms with van der Waals surface area (Å²) < 4.78 is 10.6. The standard InChI is InChI=1S/C18H16ClNO2/c1-21-17-6-3-12(10-18(17)22-2)9-13-7-8-20-16-11-14(19)4-5-15(13)16/h3-8,10-11H,9H2,1-2H3. The maximum atomic E-state index is 6.03. The normalized spacial score (nSPS) is 10.7. The minimum Gasteiger partial charge on any atom is -0.493 e. The predicted molar refractivity (Wildman–Crippen MR) is 89.1 cm³/mol. The molecule has 0 unspecified atom stereocenters. The Morgan fingerprint density at radius 3 is 2.55 bits per heavy atom. The quantitative estimate of drug-likeness (QED) is 0.711. The fourth-order valence-electron chi connectivity index (χ4n) is 2.55. The van der Waals surface area contributed by atoms with Gasteiger partial charge in [0.15, 0.2) is 11.5 Å². The van der Waals surface area contributed by atoms with Crippen LogP contribution in [0.3, 0.4) is 0 Å². The lowest BCUT2D eigenvalue weighted by Gasteiger charge is -2.11. The lowest BCUT2D eigenvalue weighted by atomic mass is 10.0. The van der Waals surface area contributed by atoms with Gasteiger partial charge in [0.2, 0.25) is 0 Å². The number of nitrogens with zero attached hydrogens (tertiary/aromatic N) is 1. The molecule has 0 spiro atoms. The van der Waals surface area contributed by atoms with Crippen LogP contribution in [-0.2, 0) is 6.42 Å². The maximum absolute atomic E-state index is 6.03. The van der Waals surface area contributed by atoms with Crippen molar-refractivity contribution in [3.8, 4) is 11.5 Å². The number of aromatic nitrogens is 1. The molecular formula is C18H16ClNO2. The molecule has 3 rings (SSSR count). The third-order valence-electron chi connectivity index (χ3n) is 3.64. The highest BCUT2D eigenvalue weighted by molar-refractivity contribution is 6.31. The van der Waals surface area contributed by atoms with Gasteiger partial charge in [0, 0.05) is 16.6 Å². The highest BCUT2D eigenvalue weighted by Crippen LogP contribution is 2.29. The number of methoxy groups -OCH3 is 2. The van der Waals surface area contributed by atoms with E-state index in [0.29, 0.717) is 5.02 Å². The lowest BCUT2D eigenvalue weighted by molar-refractivity contribution is 0.354. The molecule has 0 fully saturated rings. The van der Waals surface area contributed by atoms with Gasteiger partial charge in [0.1, 0.15) is 0 Å². The van der Waals surface area contributed by atoms with E-state index in [4.69, 9.17) is 21.1 Å². The zero-order valence-electron chi connectivity index (χ0n) is 12.5. The third kappa shape index (κ3) is 2.85. The first-order valence-electron chi connectivity index (χ1n) is 6.95. The zero-order valence-corrected chi connectivity index (χ0v) is 13.2. The molecule has 1 aromatic heterocycles. The van der Waals surface area contributed by atoms with E-state index in [1.807, 2.05) is 48.7 Å². The van der Waals surface area contributed by atoms with Gasteiger partial charge in [0.25, 0.3) is 0 Å². The molecule has 22 heavy (non-hydrogen) atoms. The van der Waals surface area contributed by atoms with Gasteiger partial charge in [-0.05, 0) is 47.9 Å². The molecule has 0 N–H and O–H groups in total. The van der Waals surface area contributed by atoms with E-state index in [0.717, 1.165) is 34.4 Å². The second kappa shape index (κ2) is 6.24. The second-order valence-corrected chi connectivity index (χ2v) is 5.43. The van der Waals surface area contributed by atoms with E-state index < -0.39 is 0 Å². The Balaban J connectivity index is 2.00. The molecule has 112 valence electrons. The number of rotatable bonds is 4. The fraction of sp³-hybridized carbons (Fsp3) is 0.167. The van der Waals surface area contributed by atoms with E-state index in [2.05, 4.69) is 4.98 Å². The molecule has 2 aromatic carbocycles. The molecular weight excluding hydrogens is 298 g/mol. The van der Waals surface area contributed by atoms with Gasteiger partial charge in [-0.15, -0.1) is 0 Å². The summed E-state index contributed by atoms with van der Waals surface area (Å²) in [6, 6.07) is 13.8. The van der Waals surface area contributed by atoms with Crippen LogP contribution >= 0.6 is 11.6 Å². The molecule has 0 aliphatic rings. The van der Waals surface area contributed by atoms with Crippen molar-refractivity contribution in [2.24, 2.45) is 0 Å². The summed E-state index contributed by atoms with van der Waals surface area (Å²) in [5.41, 5.74) is 3.26. The smallest absolute Gasteiger partial charge is 0.160 e. The van der Waals surface area contributed by atoms with Gasteiger partial charge >= 0.3 is 0 Å².